The summed E-state index contributed by atoms with van der Waals surface area (Å²) in [5.74, 6) is 3.89. The average Bonchev–Trinajstić information content (AvgIpc) is 3.14. The van der Waals surface area contributed by atoms with Crippen LogP contribution in [0, 0.1) is 12.0 Å². The van der Waals surface area contributed by atoms with E-state index in [1.807, 2.05) is 16.8 Å². The third-order valence-corrected chi connectivity index (χ3v) is 5.37. The number of anilines is 1. The summed E-state index contributed by atoms with van der Waals surface area (Å²) >= 11 is 0. The first-order valence-corrected chi connectivity index (χ1v) is 11.2. The SMILES string of the molecule is C=CC(=CC#CNc1nc2n(n1)C(c1ccc(CN3CCOCC3)cc1)=CC=CC2)NC(C)=O. The zero-order valence-electron chi connectivity index (χ0n) is 19.3. The molecule has 0 saturated carbocycles. The lowest BCUT2D eigenvalue weighted by Crippen LogP contribution is -2.35. The van der Waals surface area contributed by atoms with Crippen molar-refractivity contribution in [3.05, 3.63) is 83.9 Å². The molecule has 0 aliphatic carbocycles. The molecule has 2 aromatic rings. The van der Waals surface area contributed by atoms with Gasteiger partial charge < -0.3 is 10.1 Å². The van der Waals surface area contributed by atoms with Gasteiger partial charge in [-0.25, -0.2) is 4.68 Å². The number of amides is 1. The summed E-state index contributed by atoms with van der Waals surface area (Å²) in [4.78, 5) is 18.2. The Kier molecular flexibility index (Phi) is 7.71. The van der Waals surface area contributed by atoms with Gasteiger partial charge in [0.2, 0.25) is 5.91 Å². The van der Waals surface area contributed by atoms with Crippen LogP contribution >= 0.6 is 0 Å². The van der Waals surface area contributed by atoms with E-state index in [1.165, 1.54) is 18.6 Å². The molecule has 1 saturated heterocycles. The van der Waals surface area contributed by atoms with Gasteiger partial charge in [0, 0.05) is 56.4 Å². The highest BCUT2D eigenvalue weighted by Crippen LogP contribution is 2.23. The quantitative estimate of drug-likeness (QED) is 0.395. The third kappa shape index (κ3) is 6.10. The molecular formula is C26H28N6O2. The van der Waals surface area contributed by atoms with Crippen LogP contribution in [0.4, 0.5) is 5.95 Å². The molecular weight excluding hydrogens is 428 g/mol. The number of nitrogens with zero attached hydrogens (tertiary/aromatic N) is 4. The Morgan fingerprint density at radius 1 is 1.26 bits per heavy atom. The lowest BCUT2D eigenvalue weighted by molar-refractivity contribution is -0.118. The topological polar surface area (TPSA) is 84.3 Å². The second-order valence-electron chi connectivity index (χ2n) is 7.91. The number of hydrogen-bond donors (Lipinski definition) is 2. The first-order valence-electron chi connectivity index (χ1n) is 11.2. The fourth-order valence-corrected chi connectivity index (χ4v) is 3.70. The van der Waals surface area contributed by atoms with Gasteiger partial charge in [-0.3, -0.25) is 15.0 Å². The van der Waals surface area contributed by atoms with Crippen molar-refractivity contribution in [1.29, 1.82) is 0 Å². The predicted molar refractivity (Wildman–Crippen MR) is 132 cm³/mol. The van der Waals surface area contributed by atoms with Gasteiger partial charge in [-0.2, -0.15) is 4.98 Å². The Bertz CT molecular complexity index is 1190. The Balaban J connectivity index is 1.47. The van der Waals surface area contributed by atoms with E-state index in [1.54, 1.807) is 6.08 Å². The van der Waals surface area contributed by atoms with Crippen LogP contribution in [0.1, 0.15) is 23.9 Å². The second-order valence-corrected chi connectivity index (χ2v) is 7.91. The normalized spacial score (nSPS) is 15.9. The maximum Gasteiger partial charge on any atom is 0.254 e. The van der Waals surface area contributed by atoms with E-state index in [2.05, 4.69) is 74.5 Å². The van der Waals surface area contributed by atoms with E-state index >= 15 is 0 Å². The van der Waals surface area contributed by atoms with Gasteiger partial charge >= 0.3 is 0 Å². The molecule has 0 atom stereocenters. The fraction of sp³-hybridized carbons (Fsp3) is 0.269. The minimum Gasteiger partial charge on any atom is -0.379 e. The van der Waals surface area contributed by atoms with Gasteiger partial charge in [-0.1, -0.05) is 43.0 Å². The zero-order valence-corrected chi connectivity index (χ0v) is 19.3. The van der Waals surface area contributed by atoms with Crippen molar-refractivity contribution in [3.63, 3.8) is 0 Å². The number of aromatic nitrogens is 3. The van der Waals surface area contributed by atoms with Gasteiger partial charge in [0.05, 0.1) is 18.9 Å². The van der Waals surface area contributed by atoms with Gasteiger partial charge in [-0.05, 0) is 23.6 Å². The average molecular weight is 457 g/mol. The van der Waals surface area contributed by atoms with Crippen LogP contribution in [0.15, 0.2) is 66.9 Å². The monoisotopic (exact) mass is 456 g/mol. The minimum atomic E-state index is -0.179. The van der Waals surface area contributed by atoms with Crippen LogP contribution in [0.25, 0.3) is 5.70 Å². The molecule has 1 amide bonds. The molecule has 3 heterocycles. The van der Waals surface area contributed by atoms with Crippen molar-refractivity contribution >= 4 is 17.6 Å². The number of benzene rings is 1. The molecule has 0 spiro atoms. The van der Waals surface area contributed by atoms with Crippen LogP contribution in [0.3, 0.4) is 0 Å². The summed E-state index contributed by atoms with van der Waals surface area (Å²) in [6, 6.07) is 11.4. The summed E-state index contributed by atoms with van der Waals surface area (Å²) in [6.07, 6.45) is 9.90. The lowest BCUT2D eigenvalue weighted by atomic mass is 10.1. The molecule has 2 aliphatic rings. The lowest BCUT2D eigenvalue weighted by Gasteiger charge is -2.26. The molecule has 2 N–H and O–H groups in total. The van der Waals surface area contributed by atoms with Crippen molar-refractivity contribution in [3.8, 4) is 12.0 Å². The first kappa shape index (κ1) is 23.2. The van der Waals surface area contributed by atoms with Crippen LogP contribution in [-0.4, -0.2) is 51.9 Å². The summed E-state index contributed by atoms with van der Waals surface area (Å²) in [5.41, 5.74) is 3.82. The number of hydrogen-bond acceptors (Lipinski definition) is 6. The van der Waals surface area contributed by atoms with Crippen molar-refractivity contribution in [1.82, 2.24) is 25.0 Å². The second kappa shape index (κ2) is 11.3. The van der Waals surface area contributed by atoms with E-state index < -0.39 is 0 Å². The van der Waals surface area contributed by atoms with E-state index in [9.17, 15) is 4.79 Å². The van der Waals surface area contributed by atoms with Crippen molar-refractivity contribution in [2.24, 2.45) is 0 Å². The number of morpholine rings is 1. The van der Waals surface area contributed by atoms with Crippen LogP contribution in [-0.2, 0) is 22.5 Å². The highest BCUT2D eigenvalue weighted by molar-refractivity contribution is 5.75. The van der Waals surface area contributed by atoms with Crippen LogP contribution in [0.5, 0.6) is 0 Å². The predicted octanol–water partition coefficient (Wildman–Crippen LogP) is 2.69. The highest BCUT2D eigenvalue weighted by Gasteiger charge is 2.16. The van der Waals surface area contributed by atoms with Gasteiger partial charge in [-0.15, -0.1) is 5.10 Å². The number of carbonyl (C=O) groups excluding carboxylic acids is 1. The van der Waals surface area contributed by atoms with E-state index in [0.29, 0.717) is 18.1 Å². The number of fused-ring (bicyclic) bond motifs is 1. The molecule has 0 bridgehead atoms. The van der Waals surface area contributed by atoms with Gasteiger partial charge in [0.15, 0.2) is 0 Å². The number of ether oxygens (including phenoxy) is 1. The summed E-state index contributed by atoms with van der Waals surface area (Å²) in [5, 5.41) is 10.2. The van der Waals surface area contributed by atoms with Gasteiger partial charge in [0.25, 0.3) is 5.95 Å². The Labute approximate surface area is 199 Å². The minimum absolute atomic E-state index is 0.179. The Hall–Kier alpha value is -3.93. The van der Waals surface area contributed by atoms with Gasteiger partial charge in [0.1, 0.15) is 5.82 Å². The fourth-order valence-electron chi connectivity index (χ4n) is 3.70. The van der Waals surface area contributed by atoms with Crippen LogP contribution in [0.2, 0.25) is 0 Å². The van der Waals surface area contributed by atoms with Crippen molar-refractivity contribution < 1.29 is 9.53 Å². The Morgan fingerprint density at radius 2 is 2.06 bits per heavy atom. The molecule has 174 valence electrons. The van der Waals surface area contributed by atoms with Crippen LogP contribution < -0.4 is 10.6 Å². The molecule has 4 rings (SSSR count). The van der Waals surface area contributed by atoms with Crippen molar-refractivity contribution in [2.75, 3.05) is 31.6 Å². The maximum atomic E-state index is 11.2. The highest BCUT2D eigenvalue weighted by atomic mass is 16.5. The smallest absolute Gasteiger partial charge is 0.254 e. The summed E-state index contributed by atoms with van der Waals surface area (Å²) in [7, 11) is 0. The third-order valence-electron chi connectivity index (χ3n) is 5.37. The molecule has 2 aliphatic heterocycles. The molecule has 8 nitrogen and oxygen atoms in total. The Morgan fingerprint density at radius 3 is 2.79 bits per heavy atom. The molecule has 0 radical (unpaired) electrons. The number of nitrogens with one attached hydrogen (secondary N) is 2. The molecule has 8 heteroatoms. The number of allylic oxidation sites excluding steroid dienone is 5. The summed E-state index contributed by atoms with van der Waals surface area (Å²) < 4.78 is 7.29. The number of rotatable bonds is 6. The zero-order chi connectivity index (χ0) is 23.8. The molecule has 34 heavy (non-hydrogen) atoms. The molecule has 1 aromatic carbocycles. The molecule has 0 unspecified atom stereocenters. The molecule has 1 fully saturated rings. The number of carbonyl (C=O) groups is 1. The standard InChI is InChI=1S/C26H28N6O2/c1-3-23(28-20(2)33)7-6-14-27-26-29-25-9-5-4-8-24(32(25)30-26)22-12-10-21(11-13-22)19-31-15-17-34-18-16-31/h3-5,7-8,10-13H,1,9,15-19H2,2H3,(H,27,30)(H,28,33). The maximum absolute atomic E-state index is 11.2. The first-order chi connectivity index (χ1) is 16.6. The van der Waals surface area contributed by atoms with E-state index in [-0.39, 0.29) is 5.91 Å². The summed E-state index contributed by atoms with van der Waals surface area (Å²) in [6.45, 7) is 9.55. The molecule has 1 aromatic heterocycles. The largest absolute Gasteiger partial charge is 0.379 e. The van der Waals surface area contributed by atoms with E-state index in [4.69, 9.17) is 4.74 Å². The van der Waals surface area contributed by atoms with Crippen molar-refractivity contribution in [2.45, 2.75) is 19.9 Å². The van der Waals surface area contributed by atoms with E-state index in [0.717, 1.165) is 49.9 Å².